The maximum Gasteiger partial charge on any atom is 0.314 e. The summed E-state index contributed by atoms with van der Waals surface area (Å²) in [6, 6.07) is 4.56. The molecule has 10 nitrogen and oxygen atoms in total. The number of carbonyl (C=O) groups is 2. The number of hydrogen-bond donors (Lipinski definition) is 2. The predicted molar refractivity (Wildman–Crippen MR) is 124 cm³/mol. The molecular weight excluding hydrogens is 460 g/mol. The van der Waals surface area contributed by atoms with Gasteiger partial charge in [0.2, 0.25) is 11.5 Å². The van der Waals surface area contributed by atoms with Crippen LogP contribution in [-0.4, -0.2) is 63.8 Å². The maximum atomic E-state index is 13.4. The van der Waals surface area contributed by atoms with Crippen LogP contribution in [0.1, 0.15) is 42.4 Å². The molecule has 0 aromatic heterocycles. The largest absolute Gasteiger partial charge is 0.502 e. The van der Waals surface area contributed by atoms with Crippen molar-refractivity contribution in [2.24, 2.45) is 5.92 Å². The van der Waals surface area contributed by atoms with Crippen molar-refractivity contribution in [1.82, 2.24) is 0 Å². The van der Waals surface area contributed by atoms with Crippen LogP contribution in [-0.2, 0) is 19.1 Å². The highest BCUT2D eigenvalue weighted by Crippen LogP contribution is 2.59. The van der Waals surface area contributed by atoms with E-state index in [1.54, 1.807) is 13.8 Å². The van der Waals surface area contributed by atoms with Crippen molar-refractivity contribution in [2.45, 2.75) is 25.7 Å². The summed E-state index contributed by atoms with van der Waals surface area (Å²) in [7, 11) is 5.48. The van der Waals surface area contributed by atoms with Gasteiger partial charge in [-0.3, -0.25) is 9.59 Å². The third kappa shape index (κ3) is 4.36. The summed E-state index contributed by atoms with van der Waals surface area (Å²) in [5.41, 5.74) is 1.24. The van der Waals surface area contributed by atoms with Crippen molar-refractivity contribution in [2.75, 3.05) is 41.7 Å². The lowest BCUT2D eigenvalue weighted by Crippen LogP contribution is -2.30. The number of hydrogen-bond acceptors (Lipinski definition) is 10. The van der Waals surface area contributed by atoms with Crippen molar-refractivity contribution >= 4 is 11.9 Å². The number of methoxy groups -OCH3 is 4. The molecule has 2 aromatic rings. The Bertz CT molecular complexity index is 1080. The average molecular weight is 491 g/mol. The Balaban J connectivity index is 2.42. The van der Waals surface area contributed by atoms with Crippen LogP contribution in [0, 0.1) is 5.92 Å². The highest BCUT2D eigenvalue weighted by Gasteiger charge is 2.53. The van der Waals surface area contributed by atoms with Crippen LogP contribution in [0.4, 0.5) is 0 Å². The van der Waals surface area contributed by atoms with Crippen LogP contribution in [0.5, 0.6) is 34.5 Å². The van der Waals surface area contributed by atoms with Crippen LogP contribution in [0.3, 0.4) is 0 Å². The fourth-order valence-corrected chi connectivity index (χ4v) is 4.65. The summed E-state index contributed by atoms with van der Waals surface area (Å²) in [5, 5.41) is 21.3. The zero-order chi connectivity index (χ0) is 25.9. The quantitative estimate of drug-likeness (QED) is 0.506. The van der Waals surface area contributed by atoms with E-state index in [-0.39, 0.29) is 47.7 Å². The molecule has 35 heavy (non-hydrogen) atoms. The molecule has 0 spiro atoms. The summed E-state index contributed by atoms with van der Waals surface area (Å²) in [4.78, 5) is 26.6. The first-order valence-corrected chi connectivity index (χ1v) is 11.0. The van der Waals surface area contributed by atoms with Crippen molar-refractivity contribution in [3.05, 3.63) is 34.9 Å². The first kappa shape index (κ1) is 25.8. The van der Waals surface area contributed by atoms with Gasteiger partial charge in [-0.15, -0.1) is 0 Å². The van der Waals surface area contributed by atoms with Crippen molar-refractivity contribution < 1.29 is 48.2 Å². The standard InChI is InChI=1S/C25H30O10/c1-7-34-24(28)19-13-11-16(32-5)22(27)23(33-6)18(13)17(20(19)25(29)35-8-2)12-9-14(30-3)21(26)15(10-12)31-4/h9-11,17,19-20,26-27H,7-8H2,1-6H3. The van der Waals surface area contributed by atoms with E-state index in [0.29, 0.717) is 16.7 Å². The van der Waals surface area contributed by atoms with Crippen LogP contribution in [0.15, 0.2) is 18.2 Å². The number of carbonyl (C=O) groups excluding carboxylic acids is 2. The Morgan fingerprint density at radius 1 is 0.771 bits per heavy atom. The predicted octanol–water partition coefficient (Wildman–Crippen LogP) is 3.10. The van der Waals surface area contributed by atoms with Gasteiger partial charge in [-0.2, -0.15) is 0 Å². The molecule has 0 radical (unpaired) electrons. The van der Waals surface area contributed by atoms with Gasteiger partial charge in [-0.25, -0.2) is 0 Å². The van der Waals surface area contributed by atoms with Gasteiger partial charge in [-0.1, -0.05) is 0 Å². The van der Waals surface area contributed by atoms with Crippen LogP contribution in [0.25, 0.3) is 0 Å². The van der Waals surface area contributed by atoms with Crippen molar-refractivity contribution in [3.63, 3.8) is 0 Å². The normalized spacial score (nSPS) is 18.4. The van der Waals surface area contributed by atoms with E-state index in [2.05, 4.69) is 0 Å². The Labute approximate surface area is 203 Å². The molecular formula is C25H30O10. The van der Waals surface area contributed by atoms with E-state index in [4.69, 9.17) is 28.4 Å². The zero-order valence-corrected chi connectivity index (χ0v) is 20.5. The van der Waals surface area contributed by atoms with Gasteiger partial charge in [0.15, 0.2) is 23.0 Å². The van der Waals surface area contributed by atoms with Crippen LogP contribution in [0.2, 0.25) is 0 Å². The lowest BCUT2D eigenvalue weighted by Gasteiger charge is -2.24. The number of rotatable bonds is 9. The topological polar surface area (TPSA) is 130 Å². The molecule has 0 saturated carbocycles. The summed E-state index contributed by atoms with van der Waals surface area (Å²) in [5.74, 6) is -4.50. The lowest BCUT2D eigenvalue weighted by atomic mass is 9.82. The monoisotopic (exact) mass is 490 g/mol. The third-order valence-electron chi connectivity index (χ3n) is 6.04. The van der Waals surface area contributed by atoms with Gasteiger partial charge in [0, 0.05) is 11.5 Å². The molecule has 0 fully saturated rings. The van der Waals surface area contributed by atoms with Crippen LogP contribution >= 0.6 is 0 Å². The summed E-state index contributed by atoms with van der Waals surface area (Å²) < 4.78 is 32.2. The third-order valence-corrected chi connectivity index (χ3v) is 6.04. The smallest absolute Gasteiger partial charge is 0.314 e. The molecule has 2 aromatic carbocycles. The molecule has 190 valence electrons. The highest BCUT2D eigenvalue weighted by molar-refractivity contribution is 5.91. The number of phenolic OH excluding ortho intramolecular Hbond substituents is 2. The Morgan fingerprint density at radius 2 is 1.29 bits per heavy atom. The number of aromatic hydroxyl groups is 2. The first-order chi connectivity index (χ1) is 16.8. The molecule has 3 rings (SSSR count). The molecule has 0 saturated heterocycles. The molecule has 1 aliphatic carbocycles. The van der Waals surface area contributed by atoms with Gasteiger partial charge < -0.3 is 38.6 Å². The summed E-state index contributed by atoms with van der Waals surface area (Å²) >= 11 is 0. The highest BCUT2D eigenvalue weighted by atomic mass is 16.5. The number of esters is 2. The minimum Gasteiger partial charge on any atom is -0.502 e. The van der Waals surface area contributed by atoms with Gasteiger partial charge >= 0.3 is 11.9 Å². The van der Waals surface area contributed by atoms with Crippen molar-refractivity contribution in [1.29, 1.82) is 0 Å². The number of phenols is 2. The average Bonchev–Trinajstić information content (AvgIpc) is 3.19. The Kier molecular flexibility index (Phi) is 7.83. The molecule has 1 aliphatic rings. The van der Waals surface area contributed by atoms with E-state index in [9.17, 15) is 19.8 Å². The molecule has 0 aliphatic heterocycles. The zero-order valence-electron chi connectivity index (χ0n) is 20.5. The molecule has 10 heteroatoms. The summed E-state index contributed by atoms with van der Waals surface area (Å²) in [6.07, 6.45) is 0. The van der Waals surface area contributed by atoms with E-state index in [0.717, 1.165) is 0 Å². The summed E-state index contributed by atoms with van der Waals surface area (Å²) in [6.45, 7) is 3.51. The Morgan fingerprint density at radius 3 is 1.77 bits per heavy atom. The first-order valence-electron chi connectivity index (χ1n) is 11.0. The number of ether oxygens (including phenoxy) is 6. The van der Waals surface area contributed by atoms with Crippen molar-refractivity contribution in [3.8, 4) is 34.5 Å². The Hall–Kier alpha value is -3.82. The maximum absolute atomic E-state index is 13.4. The lowest BCUT2D eigenvalue weighted by molar-refractivity contribution is -0.156. The van der Waals surface area contributed by atoms with E-state index in [1.165, 1.54) is 46.6 Å². The second-order valence-electron chi connectivity index (χ2n) is 7.72. The SMILES string of the molecule is CCOC(=O)C1c2cc(OC)c(O)c(OC)c2C(c2cc(OC)c(O)c(OC)c2)C1C(=O)OCC. The van der Waals surface area contributed by atoms with Gasteiger partial charge in [0.05, 0.1) is 53.5 Å². The molecule has 0 heterocycles. The molecule has 3 unspecified atom stereocenters. The van der Waals surface area contributed by atoms with E-state index < -0.39 is 29.7 Å². The number of fused-ring (bicyclic) bond motifs is 1. The minimum atomic E-state index is -1.08. The van der Waals surface area contributed by atoms with Gasteiger partial charge in [-0.05, 0) is 43.2 Å². The number of benzene rings is 2. The molecule has 3 atom stereocenters. The minimum absolute atomic E-state index is 0.0384. The van der Waals surface area contributed by atoms with Gasteiger partial charge in [0.1, 0.15) is 0 Å². The second kappa shape index (κ2) is 10.6. The fraction of sp³-hybridized carbons (Fsp3) is 0.440. The second-order valence-corrected chi connectivity index (χ2v) is 7.72. The molecule has 0 amide bonds. The molecule has 2 N–H and O–H groups in total. The van der Waals surface area contributed by atoms with Crippen LogP contribution < -0.4 is 18.9 Å². The van der Waals surface area contributed by atoms with Gasteiger partial charge in [0.25, 0.3) is 0 Å². The molecule has 0 bridgehead atoms. The van der Waals surface area contributed by atoms with E-state index >= 15 is 0 Å². The van der Waals surface area contributed by atoms with E-state index in [1.807, 2.05) is 0 Å². The fourth-order valence-electron chi connectivity index (χ4n) is 4.65.